The number of rotatable bonds is 4. The van der Waals surface area contributed by atoms with E-state index in [4.69, 9.17) is 11.6 Å². The molecule has 2 N–H and O–H groups in total. The monoisotopic (exact) mass is 504 g/mol. The van der Waals surface area contributed by atoms with Crippen molar-refractivity contribution in [3.63, 3.8) is 0 Å². The lowest BCUT2D eigenvalue weighted by Gasteiger charge is -2.32. The number of carbonyl (C=O) groups excluding carboxylic acids is 2. The van der Waals surface area contributed by atoms with Crippen LogP contribution in [-0.2, 0) is 10.7 Å². The first-order chi connectivity index (χ1) is 14.1. The highest BCUT2D eigenvalue weighted by Gasteiger charge is 2.46. The number of anilines is 1. The van der Waals surface area contributed by atoms with E-state index < -0.39 is 35.2 Å². The minimum atomic E-state index is -3.95. The number of nitrogens with one attached hydrogen (secondary N) is 1. The summed E-state index contributed by atoms with van der Waals surface area (Å²) in [4.78, 5) is 25.9. The van der Waals surface area contributed by atoms with E-state index in [-0.39, 0.29) is 46.7 Å². The highest BCUT2D eigenvalue weighted by atomic mass is 79.9. The highest BCUT2D eigenvalue weighted by Crippen LogP contribution is 2.36. The minimum Gasteiger partial charge on any atom is -0.393 e. The van der Waals surface area contributed by atoms with Crippen LogP contribution >= 0.6 is 27.5 Å². The maximum atomic E-state index is 14.9. The van der Waals surface area contributed by atoms with Gasteiger partial charge in [0.2, 0.25) is 0 Å². The van der Waals surface area contributed by atoms with Crippen molar-refractivity contribution in [1.29, 1.82) is 0 Å². The number of hydrogen-bond donors (Lipinski definition) is 2. The Kier molecular flexibility index (Phi) is 6.74. The third-order valence-corrected chi connectivity index (χ3v) is 5.70. The van der Waals surface area contributed by atoms with Gasteiger partial charge in [0.15, 0.2) is 0 Å². The third kappa shape index (κ3) is 4.79. The molecule has 0 radical (unpaired) electrons. The van der Waals surface area contributed by atoms with Crippen LogP contribution < -0.4 is 5.32 Å². The summed E-state index contributed by atoms with van der Waals surface area (Å²) >= 11 is 8.92. The standard InChI is InChI=1S/C20H17BrClF3N2O3/c21-15-10-12(2-4-17(15)23)26-18(29)11-1-3-16(22)14(9-11)20(24,25)19(30)27-7-5-13(28)6-8-27/h1-4,9-10,13,28H,5-8H2,(H,26,29). The van der Waals surface area contributed by atoms with Crippen molar-refractivity contribution in [3.8, 4) is 0 Å². The molecule has 1 saturated heterocycles. The normalized spacial score (nSPS) is 15.2. The van der Waals surface area contributed by atoms with Gasteiger partial charge in [-0.25, -0.2) is 4.39 Å². The van der Waals surface area contributed by atoms with E-state index in [2.05, 4.69) is 21.2 Å². The molecule has 3 rings (SSSR count). The maximum Gasteiger partial charge on any atom is 0.351 e. The lowest BCUT2D eigenvalue weighted by Crippen LogP contribution is -2.47. The number of carbonyl (C=O) groups is 2. The summed E-state index contributed by atoms with van der Waals surface area (Å²) in [7, 11) is 0. The van der Waals surface area contributed by atoms with E-state index >= 15 is 0 Å². The minimum absolute atomic E-state index is 0.00678. The summed E-state index contributed by atoms with van der Waals surface area (Å²) in [6.07, 6.45) is -0.194. The summed E-state index contributed by atoms with van der Waals surface area (Å²) in [5.41, 5.74) is -0.677. The van der Waals surface area contributed by atoms with E-state index in [9.17, 15) is 27.9 Å². The Morgan fingerprint density at radius 1 is 1.17 bits per heavy atom. The van der Waals surface area contributed by atoms with E-state index in [0.717, 1.165) is 23.1 Å². The molecule has 0 bridgehead atoms. The largest absolute Gasteiger partial charge is 0.393 e. The van der Waals surface area contributed by atoms with Crippen molar-refractivity contribution in [1.82, 2.24) is 4.90 Å². The van der Waals surface area contributed by atoms with E-state index in [1.807, 2.05) is 0 Å². The molecule has 0 aromatic heterocycles. The summed E-state index contributed by atoms with van der Waals surface area (Å²) < 4.78 is 43.3. The van der Waals surface area contributed by atoms with Crippen molar-refractivity contribution in [2.45, 2.75) is 24.9 Å². The van der Waals surface area contributed by atoms with Gasteiger partial charge in [0.05, 0.1) is 21.2 Å². The van der Waals surface area contributed by atoms with Crippen molar-refractivity contribution in [3.05, 3.63) is 62.8 Å². The summed E-state index contributed by atoms with van der Waals surface area (Å²) in [5.74, 6) is -6.63. The summed E-state index contributed by atoms with van der Waals surface area (Å²) in [6.45, 7) is 0.0136. The van der Waals surface area contributed by atoms with Crippen LogP contribution in [0.4, 0.5) is 18.9 Å². The molecular weight excluding hydrogens is 489 g/mol. The van der Waals surface area contributed by atoms with Crippen LogP contribution in [-0.4, -0.2) is 41.0 Å². The van der Waals surface area contributed by atoms with Gasteiger partial charge in [0, 0.05) is 24.3 Å². The second-order valence-electron chi connectivity index (χ2n) is 6.88. The maximum absolute atomic E-state index is 14.9. The fraction of sp³-hybridized carbons (Fsp3) is 0.300. The average Bonchev–Trinajstić information content (AvgIpc) is 2.71. The highest BCUT2D eigenvalue weighted by molar-refractivity contribution is 9.10. The fourth-order valence-electron chi connectivity index (χ4n) is 3.07. The van der Waals surface area contributed by atoms with Crippen molar-refractivity contribution < 1.29 is 27.9 Å². The lowest BCUT2D eigenvalue weighted by molar-refractivity contribution is -0.161. The van der Waals surface area contributed by atoms with Crippen LogP contribution in [0.2, 0.25) is 5.02 Å². The molecule has 0 aliphatic carbocycles. The zero-order valence-electron chi connectivity index (χ0n) is 15.5. The molecule has 30 heavy (non-hydrogen) atoms. The number of halogens is 5. The van der Waals surface area contributed by atoms with Crippen LogP contribution in [0.3, 0.4) is 0 Å². The number of nitrogens with zero attached hydrogens (tertiary/aromatic N) is 1. The van der Waals surface area contributed by atoms with Gasteiger partial charge in [-0.15, -0.1) is 0 Å². The van der Waals surface area contributed by atoms with Gasteiger partial charge < -0.3 is 15.3 Å². The van der Waals surface area contributed by atoms with E-state index in [1.54, 1.807) is 0 Å². The molecule has 2 amide bonds. The Morgan fingerprint density at radius 3 is 2.47 bits per heavy atom. The van der Waals surface area contributed by atoms with Crippen LogP contribution in [0.5, 0.6) is 0 Å². The first-order valence-electron chi connectivity index (χ1n) is 9.01. The quantitative estimate of drug-likeness (QED) is 0.640. The predicted molar refractivity (Wildman–Crippen MR) is 109 cm³/mol. The molecule has 0 atom stereocenters. The lowest BCUT2D eigenvalue weighted by atomic mass is 10.0. The first-order valence-corrected chi connectivity index (χ1v) is 10.2. The number of likely N-dealkylation sites (tertiary alicyclic amines) is 1. The molecule has 5 nitrogen and oxygen atoms in total. The van der Waals surface area contributed by atoms with Gasteiger partial charge in [-0.2, -0.15) is 8.78 Å². The number of piperidine rings is 1. The van der Waals surface area contributed by atoms with Gasteiger partial charge in [0.1, 0.15) is 5.82 Å². The molecule has 1 fully saturated rings. The molecule has 2 aromatic rings. The van der Waals surface area contributed by atoms with Crippen LogP contribution in [0, 0.1) is 5.82 Å². The van der Waals surface area contributed by atoms with E-state index in [0.29, 0.717) is 0 Å². The number of aliphatic hydroxyl groups is 1. The van der Waals surface area contributed by atoms with Crippen molar-refractivity contribution >= 4 is 45.0 Å². The molecule has 10 heteroatoms. The predicted octanol–water partition coefficient (Wildman–Crippen LogP) is 4.57. The zero-order chi connectivity index (χ0) is 22.1. The molecule has 2 aromatic carbocycles. The molecule has 0 spiro atoms. The Morgan fingerprint density at radius 2 is 1.83 bits per heavy atom. The topological polar surface area (TPSA) is 69.6 Å². The Bertz CT molecular complexity index is 982. The van der Waals surface area contributed by atoms with Crippen molar-refractivity contribution in [2.24, 2.45) is 0 Å². The molecule has 0 unspecified atom stereocenters. The van der Waals surface area contributed by atoms with E-state index in [1.165, 1.54) is 18.2 Å². The molecule has 1 aliphatic rings. The van der Waals surface area contributed by atoms with Gasteiger partial charge in [-0.05, 0) is 65.2 Å². The summed E-state index contributed by atoms with van der Waals surface area (Å²) in [6, 6.07) is 7.01. The second kappa shape index (κ2) is 8.95. The zero-order valence-corrected chi connectivity index (χ0v) is 17.8. The average molecular weight is 506 g/mol. The first kappa shape index (κ1) is 22.6. The second-order valence-corrected chi connectivity index (χ2v) is 8.14. The fourth-order valence-corrected chi connectivity index (χ4v) is 3.68. The molecular formula is C20H17BrClF3N2O3. The van der Waals surface area contributed by atoms with Crippen LogP contribution in [0.1, 0.15) is 28.8 Å². The van der Waals surface area contributed by atoms with Crippen LogP contribution in [0.25, 0.3) is 0 Å². The Balaban J connectivity index is 1.83. The molecule has 1 heterocycles. The van der Waals surface area contributed by atoms with Gasteiger partial charge in [-0.3, -0.25) is 9.59 Å². The molecule has 1 aliphatic heterocycles. The molecule has 160 valence electrons. The number of alkyl halides is 2. The Hall–Kier alpha value is -2.10. The Labute approximate surface area is 183 Å². The smallest absolute Gasteiger partial charge is 0.351 e. The summed E-state index contributed by atoms with van der Waals surface area (Å²) in [5, 5.41) is 11.6. The van der Waals surface area contributed by atoms with Gasteiger partial charge >= 0.3 is 5.92 Å². The number of hydrogen-bond acceptors (Lipinski definition) is 3. The van der Waals surface area contributed by atoms with Gasteiger partial charge in [0.25, 0.3) is 11.8 Å². The number of amides is 2. The van der Waals surface area contributed by atoms with Crippen molar-refractivity contribution in [2.75, 3.05) is 18.4 Å². The number of aliphatic hydroxyl groups excluding tert-OH is 1. The third-order valence-electron chi connectivity index (χ3n) is 4.76. The van der Waals surface area contributed by atoms with Gasteiger partial charge in [-0.1, -0.05) is 11.6 Å². The number of benzene rings is 2. The molecule has 0 saturated carbocycles. The SMILES string of the molecule is O=C(Nc1ccc(F)c(Br)c1)c1ccc(Cl)c(C(F)(F)C(=O)N2CCC(O)CC2)c1. The van der Waals surface area contributed by atoms with Crippen LogP contribution in [0.15, 0.2) is 40.9 Å².